The van der Waals surface area contributed by atoms with Crippen LogP contribution in [0.3, 0.4) is 0 Å². The molecule has 0 spiro atoms. The van der Waals surface area contributed by atoms with E-state index in [0.29, 0.717) is 29.4 Å². The molecule has 2 nitrogen and oxygen atoms in total. The van der Waals surface area contributed by atoms with E-state index in [4.69, 9.17) is 4.74 Å². The zero-order chi connectivity index (χ0) is 13.6. The van der Waals surface area contributed by atoms with Crippen LogP contribution in [0.4, 0.5) is 0 Å². The molecule has 5 atom stereocenters. The SMILES string of the molecule is CC1=C[C@@H](C)[C@@H]2CO[C@H](c3ccc(O)cc3)[C@@H]1[C@@H]2C. The summed E-state index contributed by atoms with van der Waals surface area (Å²) in [6.45, 7) is 7.73. The summed E-state index contributed by atoms with van der Waals surface area (Å²) in [5.41, 5.74) is 2.63. The fraction of sp³-hybridized carbons (Fsp3) is 0.529. The average Bonchev–Trinajstić information content (AvgIpc) is 2.37. The fourth-order valence-electron chi connectivity index (χ4n) is 3.91. The molecule has 102 valence electrons. The molecule has 1 saturated heterocycles. The van der Waals surface area contributed by atoms with Gasteiger partial charge in [0.2, 0.25) is 0 Å². The van der Waals surface area contributed by atoms with Gasteiger partial charge in [0, 0.05) is 5.92 Å². The van der Waals surface area contributed by atoms with Crippen molar-refractivity contribution < 1.29 is 9.84 Å². The lowest BCUT2D eigenvalue weighted by Crippen LogP contribution is -2.42. The van der Waals surface area contributed by atoms with Gasteiger partial charge in [-0.1, -0.05) is 37.6 Å². The summed E-state index contributed by atoms with van der Waals surface area (Å²) in [5, 5.41) is 9.42. The molecule has 0 radical (unpaired) electrons. The van der Waals surface area contributed by atoms with Crippen LogP contribution in [0.15, 0.2) is 35.9 Å². The largest absolute Gasteiger partial charge is 0.508 e. The second-order valence-electron chi connectivity index (χ2n) is 6.16. The highest BCUT2D eigenvalue weighted by Crippen LogP contribution is 2.49. The number of phenols is 1. The van der Waals surface area contributed by atoms with Gasteiger partial charge in [0.1, 0.15) is 5.75 Å². The normalized spacial score (nSPS) is 37.8. The van der Waals surface area contributed by atoms with Gasteiger partial charge in [-0.3, -0.25) is 0 Å². The number of phenolic OH excluding ortho intramolecular Hbond substituents is 1. The first-order chi connectivity index (χ1) is 9.08. The van der Waals surface area contributed by atoms with Gasteiger partial charge >= 0.3 is 0 Å². The van der Waals surface area contributed by atoms with E-state index in [2.05, 4.69) is 26.8 Å². The van der Waals surface area contributed by atoms with Gasteiger partial charge in [-0.05, 0) is 42.4 Å². The Morgan fingerprint density at radius 1 is 1.16 bits per heavy atom. The average molecular weight is 258 g/mol. The van der Waals surface area contributed by atoms with E-state index >= 15 is 0 Å². The molecular formula is C17H22O2. The fourth-order valence-corrected chi connectivity index (χ4v) is 3.91. The Balaban J connectivity index is 1.96. The molecule has 1 aliphatic heterocycles. The topological polar surface area (TPSA) is 29.5 Å². The highest BCUT2D eigenvalue weighted by Gasteiger charge is 2.43. The van der Waals surface area contributed by atoms with Gasteiger partial charge < -0.3 is 9.84 Å². The van der Waals surface area contributed by atoms with Crippen molar-refractivity contribution in [1.82, 2.24) is 0 Å². The summed E-state index contributed by atoms with van der Waals surface area (Å²) >= 11 is 0. The van der Waals surface area contributed by atoms with Crippen LogP contribution in [0.2, 0.25) is 0 Å². The molecule has 2 heteroatoms. The van der Waals surface area contributed by atoms with Crippen LogP contribution in [-0.2, 0) is 4.74 Å². The Kier molecular flexibility index (Phi) is 3.14. The molecular weight excluding hydrogens is 236 g/mol. The van der Waals surface area contributed by atoms with Crippen LogP contribution in [0.1, 0.15) is 32.4 Å². The van der Waals surface area contributed by atoms with E-state index in [1.807, 2.05) is 12.1 Å². The van der Waals surface area contributed by atoms with Gasteiger partial charge in [-0.2, -0.15) is 0 Å². The van der Waals surface area contributed by atoms with Crippen LogP contribution in [-0.4, -0.2) is 11.7 Å². The Morgan fingerprint density at radius 2 is 1.84 bits per heavy atom. The summed E-state index contributed by atoms with van der Waals surface area (Å²) in [4.78, 5) is 0. The second-order valence-corrected chi connectivity index (χ2v) is 6.16. The van der Waals surface area contributed by atoms with E-state index in [9.17, 15) is 5.11 Å². The molecule has 2 aliphatic rings. The number of fused-ring (bicyclic) bond motifs is 2. The number of hydrogen-bond donors (Lipinski definition) is 1. The summed E-state index contributed by atoms with van der Waals surface area (Å²) < 4.78 is 6.16. The summed E-state index contributed by atoms with van der Waals surface area (Å²) in [6.07, 6.45) is 2.56. The minimum absolute atomic E-state index is 0.135. The third kappa shape index (κ3) is 2.08. The summed E-state index contributed by atoms with van der Waals surface area (Å²) in [7, 11) is 0. The maximum Gasteiger partial charge on any atom is 0.115 e. The number of aromatic hydroxyl groups is 1. The molecule has 0 unspecified atom stereocenters. The van der Waals surface area contributed by atoms with Gasteiger partial charge in [-0.15, -0.1) is 0 Å². The molecule has 1 aliphatic carbocycles. The molecule has 1 heterocycles. The lowest BCUT2D eigenvalue weighted by molar-refractivity contribution is -0.0934. The minimum atomic E-state index is 0.135. The Morgan fingerprint density at radius 3 is 2.53 bits per heavy atom. The first-order valence-electron chi connectivity index (χ1n) is 7.16. The lowest BCUT2D eigenvalue weighted by Gasteiger charge is -2.47. The first kappa shape index (κ1) is 12.7. The third-order valence-electron chi connectivity index (χ3n) is 4.98. The number of ether oxygens (including phenoxy) is 1. The molecule has 1 fully saturated rings. The highest BCUT2D eigenvalue weighted by atomic mass is 16.5. The molecule has 0 amide bonds. The lowest BCUT2D eigenvalue weighted by atomic mass is 9.64. The van der Waals surface area contributed by atoms with Crippen molar-refractivity contribution in [2.24, 2.45) is 23.7 Å². The van der Waals surface area contributed by atoms with E-state index in [0.717, 1.165) is 6.61 Å². The predicted octanol–water partition coefficient (Wildman–Crippen LogP) is 3.93. The van der Waals surface area contributed by atoms with Crippen LogP contribution in [0.5, 0.6) is 5.75 Å². The number of hydrogen-bond acceptors (Lipinski definition) is 2. The predicted molar refractivity (Wildman–Crippen MR) is 75.9 cm³/mol. The maximum absolute atomic E-state index is 9.42. The smallest absolute Gasteiger partial charge is 0.115 e. The molecule has 1 N–H and O–H groups in total. The number of benzene rings is 1. The van der Waals surface area contributed by atoms with E-state index in [1.54, 1.807) is 12.1 Å². The summed E-state index contributed by atoms with van der Waals surface area (Å²) in [6, 6.07) is 7.47. The van der Waals surface area contributed by atoms with Crippen molar-refractivity contribution >= 4 is 0 Å². The van der Waals surface area contributed by atoms with Gasteiger partial charge in [0.25, 0.3) is 0 Å². The molecule has 3 rings (SSSR count). The van der Waals surface area contributed by atoms with E-state index < -0.39 is 0 Å². The first-order valence-corrected chi connectivity index (χ1v) is 7.16. The second kappa shape index (κ2) is 4.68. The van der Waals surface area contributed by atoms with Gasteiger partial charge in [-0.25, -0.2) is 0 Å². The molecule has 2 bridgehead atoms. The minimum Gasteiger partial charge on any atom is -0.508 e. The quantitative estimate of drug-likeness (QED) is 0.773. The molecule has 0 saturated carbocycles. The van der Waals surface area contributed by atoms with E-state index in [-0.39, 0.29) is 6.10 Å². The molecule has 19 heavy (non-hydrogen) atoms. The Labute approximate surface area is 115 Å². The molecule has 1 aromatic carbocycles. The van der Waals surface area contributed by atoms with Crippen molar-refractivity contribution in [1.29, 1.82) is 0 Å². The van der Waals surface area contributed by atoms with Crippen LogP contribution >= 0.6 is 0 Å². The number of allylic oxidation sites excluding steroid dienone is 1. The van der Waals surface area contributed by atoms with Crippen LogP contribution in [0.25, 0.3) is 0 Å². The van der Waals surface area contributed by atoms with Gasteiger partial charge in [0.15, 0.2) is 0 Å². The maximum atomic E-state index is 9.42. The van der Waals surface area contributed by atoms with E-state index in [1.165, 1.54) is 11.1 Å². The van der Waals surface area contributed by atoms with Crippen molar-refractivity contribution in [2.45, 2.75) is 26.9 Å². The monoisotopic (exact) mass is 258 g/mol. The Hall–Kier alpha value is -1.28. The third-order valence-corrected chi connectivity index (χ3v) is 4.98. The van der Waals surface area contributed by atoms with Crippen molar-refractivity contribution in [2.75, 3.05) is 6.61 Å². The van der Waals surface area contributed by atoms with Crippen molar-refractivity contribution in [3.63, 3.8) is 0 Å². The summed E-state index contributed by atoms with van der Waals surface area (Å²) in [5.74, 6) is 2.70. The molecule has 0 aromatic heterocycles. The number of rotatable bonds is 1. The highest BCUT2D eigenvalue weighted by molar-refractivity contribution is 5.30. The van der Waals surface area contributed by atoms with Gasteiger partial charge in [0.05, 0.1) is 12.7 Å². The Bertz CT molecular complexity index is 488. The molecule has 1 aromatic rings. The van der Waals surface area contributed by atoms with Crippen LogP contribution in [0, 0.1) is 23.7 Å². The van der Waals surface area contributed by atoms with Crippen molar-refractivity contribution in [3.8, 4) is 5.75 Å². The standard InChI is InChI=1S/C17H22O2/c1-10-8-11(2)16-12(3)15(10)9-19-17(16)13-4-6-14(18)7-5-13/h4-8,10,12,15-18H,9H2,1-3H3/t10-,12-,15+,16+,17-/m1/s1. The van der Waals surface area contributed by atoms with Crippen LogP contribution < -0.4 is 0 Å². The zero-order valence-electron chi connectivity index (χ0n) is 11.8. The zero-order valence-corrected chi connectivity index (χ0v) is 11.8. The van der Waals surface area contributed by atoms with Crippen molar-refractivity contribution in [3.05, 3.63) is 41.5 Å².